The minimum Gasteiger partial charge on any atom is -0.465 e. The molecule has 3 unspecified atom stereocenters. The van der Waals surface area contributed by atoms with Crippen molar-refractivity contribution >= 4 is 5.97 Å². The summed E-state index contributed by atoms with van der Waals surface area (Å²) in [5.74, 6) is 1.79. The predicted octanol–water partition coefficient (Wildman–Crippen LogP) is 9.17. The first-order chi connectivity index (χ1) is 15.3. The van der Waals surface area contributed by atoms with Crippen LogP contribution in [0.4, 0.5) is 0 Å². The molecule has 0 radical (unpaired) electrons. The van der Waals surface area contributed by atoms with Crippen LogP contribution in [-0.2, 0) is 9.53 Å². The van der Waals surface area contributed by atoms with Gasteiger partial charge in [0.2, 0.25) is 0 Å². The molecule has 0 N–H and O–H groups in total. The summed E-state index contributed by atoms with van der Waals surface area (Å²) in [5, 5.41) is 0. The zero-order chi connectivity index (χ0) is 22.0. The van der Waals surface area contributed by atoms with Gasteiger partial charge in [-0.25, -0.2) is 0 Å². The van der Waals surface area contributed by atoms with E-state index in [0.717, 1.165) is 18.8 Å². The van der Waals surface area contributed by atoms with E-state index in [4.69, 9.17) is 4.74 Å². The summed E-state index contributed by atoms with van der Waals surface area (Å²) in [6, 6.07) is 0. The van der Waals surface area contributed by atoms with Gasteiger partial charge in [-0.1, -0.05) is 109 Å². The molecule has 0 amide bonds. The molecule has 0 heterocycles. The van der Waals surface area contributed by atoms with Crippen LogP contribution in [0.5, 0.6) is 0 Å². The quantitative estimate of drug-likeness (QED) is 0.130. The Kier molecular flexibility index (Phi) is 15.1. The number of hydrogen-bond donors (Lipinski definition) is 0. The third-order valence-electron chi connectivity index (χ3n) is 7.78. The third kappa shape index (κ3) is 11.6. The Morgan fingerprint density at radius 1 is 0.710 bits per heavy atom. The molecule has 2 nitrogen and oxygen atoms in total. The Labute approximate surface area is 194 Å². The summed E-state index contributed by atoms with van der Waals surface area (Å²) in [5.41, 5.74) is 0. The molecule has 0 aromatic heterocycles. The first-order valence-corrected chi connectivity index (χ1v) is 14.1. The molecule has 0 aromatic rings. The van der Waals surface area contributed by atoms with E-state index in [1.54, 1.807) is 0 Å². The second-order valence-corrected chi connectivity index (χ2v) is 10.4. The first kappa shape index (κ1) is 26.5. The van der Waals surface area contributed by atoms with Gasteiger partial charge in [-0.2, -0.15) is 0 Å². The Morgan fingerprint density at radius 3 is 2.00 bits per heavy atom. The molecule has 2 fully saturated rings. The summed E-state index contributed by atoms with van der Waals surface area (Å²) >= 11 is 0. The summed E-state index contributed by atoms with van der Waals surface area (Å²) in [6.45, 7) is 2.93. The molecule has 2 aliphatic carbocycles. The number of ether oxygens (including phenoxy) is 1. The van der Waals surface area contributed by atoms with Crippen LogP contribution in [0.25, 0.3) is 0 Å². The minimum atomic E-state index is 0.129. The van der Waals surface area contributed by atoms with Crippen molar-refractivity contribution in [2.45, 2.75) is 142 Å². The van der Waals surface area contributed by atoms with Crippen molar-refractivity contribution in [3.05, 3.63) is 12.2 Å². The smallest absolute Gasteiger partial charge is 0.309 e. The van der Waals surface area contributed by atoms with E-state index in [2.05, 4.69) is 19.1 Å². The van der Waals surface area contributed by atoms with Crippen molar-refractivity contribution in [3.63, 3.8) is 0 Å². The number of hydrogen-bond acceptors (Lipinski definition) is 2. The van der Waals surface area contributed by atoms with Crippen LogP contribution in [0.3, 0.4) is 0 Å². The highest BCUT2D eigenvalue weighted by atomic mass is 16.5. The van der Waals surface area contributed by atoms with Gasteiger partial charge in [-0.15, -0.1) is 0 Å². The molecule has 2 heteroatoms. The molecule has 2 saturated carbocycles. The average molecular weight is 433 g/mol. The van der Waals surface area contributed by atoms with Crippen LogP contribution in [0.1, 0.15) is 142 Å². The molecule has 0 aliphatic heterocycles. The molecule has 0 saturated heterocycles. The predicted molar refractivity (Wildman–Crippen MR) is 133 cm³/mol. The fraction of sp³-hybridized carbons (Fsp3) is 0.897. The number of esters is 1. The van der Waals surface area contributed by atoms with Crippen LogP contribution in [0.2, 0.25) is 0 Å². The van der Waals surface area contributed by atoms with Crippen LogP contribution in [0, 0.1) is 17.8 Å². The van der Waals surface area contributed by atoms with Gasteiger partial charge in [0, 0.05) is 0 Å². The highest BCUT2D eigenvalue weighted by Crippen LogP contribution is 2.44. The van der Waals surface area contributed by atoms with Crippen molar-refractivity contribution in [2.24, 2.45) is 17.8 Å². The number of carbonyl (C=O) groups excluding carboxylic acids is 1. The van der Waals surface area contributed by atoms with E-state index in [1.165, 1.54) is 122 Å². The summed E-state index contributed by atoms with van der Waals surface area (Å²) in [4.78, 5) is 12.6. The van der Waals surface area contributed by atoms with Gasteiger partial charge >= 0.3 is 5.97 Å². The van der Waals surface area contributed by atoms with Gasteiger partial charge in [0.1, 0.15) is 0 Å². The summed E-state index contributed by atoms with van der Waals surface area (Å²) in [6.07, 6.45) is 32.2. The Morgan fingerprint density at radius 2 is 1.29 bits per heavy atom. The van der Waals surface area contributed by atoms with Gasteiger partial charge in [0.05, 0.1) is 12.5 Å². The molecule has 0 bridgehead atoms. The van der Waals surface area contributed by atoms with Gasteiger partial charge in [-0.05, 0) is 56.8 Å². The van der Waals surface area contributed by atoms with Crippen molar-refractivity contribution in [1.29, 1.82) is 0 Å². The van der Waals surface area contributed by atoms with Gasteiger partial charge < -0.3 is 4.74 Å². The largest absolute Gasteiger partial charge is 0.465 e. The lowest BCUT2D eigenvalue weighted by atomic mass is 9.65. The van der Waals surface area contributed by atoms with Crippen LogP contribution >= 0.6 is 0 Å². The van der Waals surface area contributed by atoms with Crippen LogP contribution in [0.15, 0.2) is 12.2 Å². The van der Waals surface area contributed by atoms with Crippen LogP contribution in [-0.4, -0.2) is 12.6 Å². The van der Waals surface area contributed by atoms with Crippen molar-refractivity contribution in [2.75, 3.05) is 6.61 Å². The Balaban J connectivity index is 1.36. The standard InChI is InChI=1S/C29H52O2/c1-2-3-4-5-6-7-8-9-10-11-12-13-14-15-16-19-25-31-29(30)28-24-20-22-26-21-17-18-23-27(26)28/h9-10,26-28H,2-8,11-25H2,1H3. The van der Waals surface area contributed by atoms with Gasteiger partial charge in [-0.3, -0.25) is 4.79 Å². The first-order valence-electron chi connectivity index (χ1n) is 14.1. The maximum atomic E-state index is 12.6. The number of unbranched alkanes of at least 4 members (excludes halogenated alkanes) is 12. The maximum absolute atomic E-state index is 12.6. The van der Waals surface area contributed by atoms with Gasteiger partial charge in [0.15, 0.2) is 0 Å². The molecule has 2 rings (SSSR count). The number of fused-ring (bicyclic) bond motifs is 1. The van der Waals surface area contributed by atoms with Crippen molar-refractivity contribution in [1.82, 2.24) is 0 Å². The minimum absolute atomic E-state index is 0.129. The highest BCUT2D eigenvalue weighted by Gasteiger charge is 2.39. The lowest BCUT2D eigenvalue weighted by molar-refractivity contribution is -0.153. The molecular formula is C29H52O2. The van der Waals surface area contributed by atoms with E-state index in [0.29, 0.717) is 12.5 Å². The Bertz CT molecular complexity index is 467. The molecule has 2 aliphatic rings. The molecule has 31 heavy (non-hydrogen) atoms. The summed E-state index contributed by atoms with van der Waals surface area (Å²) < 4.78 is 5.70. The monoisotopic (exact) mass is 432 g/mol. The van der Waals surface area contributed by atoms with Gasteiger partial charge in [0.25, 0.3) is 0 Å². The number of carbonyl (C=O) groups is 1. The fourth-order valence-electron chi connectivity index (χ4n) is 5.86. The topological polar surface area (TPSA) is 26.3 Å². The highest BCUT2D eigenvalue weighted by molar-refractivity contribution is 5.73. The lowest BCUT2D eigenvalue weighted by Crippen LogP contribution is -2.36. The zero-order valence-electron chi connectivity index (χ0n) is 20.8. The van der Waals surface area contributed by atoms with E-state index in [-0.39, 0.29) is 11.9 Å². The molecular weight excluding hydrogens is 380 g/mol. The summed E-state index contributed by atoms with van der Waals surface area (Å²) in [7, 11) is 0. The molecule has 0 spiro atoms. The Hall–Kier alpha value is -0.790. The van der Waals surface area contributed by atoms with E-state index in [1.807, 2.05) is 0 Å². The lowest BCUT2D eigenvalue weighted by Gasteiger charge is -2.40. The SMILES string of the molecule is CCCCCCCCC=CCCCCCCCCOC(=O)C1CCCC2CCCCC21. The third-order valence-corrected chi connectivity index (χ3v) is 7.78. The number of rotatable bonds is 17. The molecule has 180 valence electrons. The molecule has 0 aromatic carbocycles. The van der Waals surface area contributed by atoms with Crippen molar-refractivity contribution < 1.29 is 9.53 Å². The second-order valence-electron chi connectivity index (χ2n) is 10.4. The molecule has 3 atom stereocenters. The number of allylic oxidation sites excluding steroid dienone is 2. The van der Waals surface area contributed by atoms with Crippen LogP contribution < -0.4 is 0 Å². The zero-order valence-corrected chi connectivity index (χ0v) is 20.8. The van der Waals surface area contributed by atoms with E-state index in [9.17, 15) is 4.79 Å². The normalized spacial score (nSPS) is 23.7. The average Bonchev–Trinajstić information content (AvgIpc) is 2.80. The maximum Gasteiger partial charge on any atom is 0.309 e. The fourth-order valence-corrected chi connectivity index (χ4v) is 5.86. The van der Waals surface area contributed by atoms with Crippen molar-refractivity contribution in [3.8, 4) is 0 Å². The van der Waals surface area contributed by atoms with E-state index >= 15 is 0 Å². The van der Waals surface area contributed by atoms with E-state index < -0.39 is 0 Å². The second kappa shape index (κ2) is 17.7.